The highest BCUT2D eigenvalue weighted by molar-refractivity contribution is 7.85. The number of hydrogen-bond donors (Lipinski definition) is 0. The molecule has 2 heterocycles. The zero-order valence-corrected chi connectivity index (χ0v) is 27.4. The first-order valence-electron chi connectivity index (χ1n) is 16.4. The van der Waals surface area contributed by atoms with E-state index in [1.807, 2.05) is 97.1 Å². The smallest absolute Gasteiger partial charge is 0.235 e. The number of benzene rings is 7. The molecule has 0 saturated heterocycles. The van der Waals surface area contributed by atoms with Crippen molar-refractivity contribution < 1.29 is 4.57 Å². The molecule has 232 valence electrons. The summed E-state index contributed by atoms with van der Waals surface area (Å²) in [6.07, 6.45) is 0. The quantitative estimate of drug-likeness (QED) is 0.169. The van der Waals surface area contributed by atoms with Crippen molar-refractivity contribution in [2.24, 2.45) is 0 Å². The average molecular weight is 648 g/mol. The second-order valence-corrected chi connectivity index (χ2v) is 14.9. The molecule has 0 N–H and O–H groups in total. The van der Waals surface area contributed by atoms with E-state index in [1.54, 1.807) is 0 Å². The summed E-state index contributed by atoms with van der Waals surface area (Å²) in [6.45, 7) is 0. The summed E-state index contributed by atoms with van der Waals surface area (Å²) in [5.74, 6) is 0.663. The molecule has 0 atom stereocenters. The lowest BCUT2D eigenvalue weighted by atomic mass is 9.93. The van der Waals surface area contributed by atoms with E-state index >= 15 is 4.57 Å². The van der Waals surface area contributed by atoms with Crippen molar-refractivity contribution in [2.75, 3.05) is 0 Å². The van der Waals surface area contributed by atoms with E-state index in [0.29, 0.717) is 5.78 Å². The lowest BCUT2D eigenvalue weighted by Crippen LogP contribution is -2.25. The molecule has 0 saturated carbocycles. The Bertz CT molecular complexity index is 2640. The van der Waals surface area contributed by atoms with Crippen LogP contribution in [0.3, 0.4) is 0 Å². The maximum atomic E-state index is 15.2. The Morgan fingerprint density at radius 2 is 1.00 bits per heavy atom. The van der Waals surface area contributed by atoms with Crippen molar-refractivity contribution in [3.8, 4) is 33.6 Å². The number of nitrogens with zero attached hydrogens (tertiary/aromatic N) is 3. The van der Waals surface area contributed by atoms with E-state index in [9.17, 15) is 0 Å². The summed E-state index contributed by atoms with van der Waals surface area (Å²) in [7, 11) is -3.13. The third-order valence-electron chi connectivity index (χ3n) is 9.31. The minimum absolute atomic E-state index is 0.663. The van der Waals surface area contributed by atoms with Gasteiger partial charge in [0.25, 0.3) is 0 Å². The molecular weight excluding hydrogens is 617 g/mol. The van der Waals surface area contributed by atoms with Gasteiger partial charge in [-0.3, -0.25) is 4.40 Å². The second kappa shape index (κ2) is 11.9. The Balaban J connectivity index is 1.23. The van der Waals surface area contributed by atoms with Crippen LogP contribution < -0.4 is 15.9 Å². The standard InChI is InChI=1S/C44H30N3OP/c48-49(33-18-6-2-7-19-33,34-20-8-3-9-21-34)35-22-14-17-32(29-35)36-27-28-39(38-24-11-10-23-37(36)38)41-30-43(31-15-4-1-5-16-31)47-42-26-13-12-25-40(42)45-44(47)46-41/h1-30H. The van der Waals surface area contributed by atoms with E-state index in [0.717, 1.165) is 71.4 Å². The van der Waals surface area contributed by atoms with E-state index in [1.165, 1.54) is 0 Å². The van der Waals surface area contributed by atoms with Crippen LogP contribution in [0.5, 0.6) is 0 Å². The molecule has 0 amide bonds. The van der Waals surface area contributed by atoms with E-state index in [-0.39, 0.29) is 0 Å². The fraction of sp³-hybridized carbons (Fsp3) is 0. The Morgan fingerprint density at radius 3 is 1.71 bits per heavy atom. The Labute approximate surface area is 284 Å². The lowest BCUT2D eigenvalue weighted by Gasteiger charge is -2.21. The molecule has 5 heteroatoms. The van der Waals surface area contributed by atoms with Gasteiger partial charge in [0.1, 0.15) is 0 Å². The summed E-state index contributed by atoms with van der Waals surface area (Å²) in [5, 5.41) is 4.64. The SMILES string of the molecule is O=P(c1ccccc1)(c1ccccc1)c1cccc(-c2ccc(-c3cc(-c4ccccc4)n4c(n3)nc3ccccc34)c3ccccc23)c1. The Kier molecular flexibility index (Phi) is 7.04. The second-order valence-electron chi connectivity index (χ2n) is 12.2. The number of hydrogen-bond acceptors (Lipinski definition) is 3. The number of rotatable bonds is 6. The van der Waals surface area contributed by atoms with Crippen LogP contribution in [0, 0.1) is 0 Å². The monoisotopic (exact) mass is 647 g/mol. The van der Waals surface area contributed by atoms with Crippen LogP contribution >= 0.6 is 7.14 Å². The fourth-order valence-corrected chi connectivity index (χ4v) is 9.68. The zero-order valence-electron chi connectivity index (χ0n) is 26.5. The molecule has 49 heavy (non-hydrogen) atoms. The maximum Gasteiger partial charge on any atom is 0.235 e. The molecular formula is C44H30N3OP. The molecule has 0 aliphatic heterocycles. The third-order valence-corrected chi connectivity index (χ3v) is 12.4. The minimum atomic E-state index is -3.13. The summed E-state index contributed by atoms with van der Waals surface area (Å²) in [4.78, 5) is 10.1. The zero-order chi connectivity index (χ0) is 32.8. The van der Waals surface area contributed by atoms with Gasteiger partial charge in [0.15, 0.2) is 7.14 Å². The van der Waals surface area contributed by atoms with Gasteiger partial charge in [-0.1, -0.05) is 158 Å². The first-order valence-corrected chi connectivity index (χ1v) is 18.1. The third kappa shape index (κ3) is 4.88. The summed E-state index contributed by atoms with van der Waals surface area (Å²) >= 11 is 0. The predicted molar refractivity (Wildman–Crippen MR) is 204 cm³/mol. The van der Waals surface area contributed by atoms with Crippen molar-refractivity contribution in [3.05, 3.63) is 182 Å². The van der Waals surface area contributed by atoms with E-state index < -0.39 is 7.14 Å². The number of fused-ring (bicyclic) bond motifs is 4. The molecule has 7 aromatic carbocycles. The van der Waals surface area contributed by atoms with Gasteiger partial charge in [-0.2, -0.15) is 0 Å². The highest BCUT2D eigenvalue weighted by Crippen LogP contribution is 2.44. The normalized spacial score (nSPS) is 11.8. The summed E-state index contributed by atoms with van der Waals surface area (Å²) in [6, 6.07) is 61.5. The van der Waals surface area contributed by atoms with Crippen LogP contribution in [-0.4, -0.2) is 14.4 Å². The Morgan fingerprint density at radius 1 is 0.449 bits per heavy atom. The van der Waals surface area contributed by atoms with Gasteiger partial charge in [-0.05, 0) is 51.7 Å². The van der Waals surface area contributed by atoms with Crippen LogP contribution in [-0.2, 0) is 4.57 Å². The largest absolute Gasteiger partial charge is 0.309 e. The fourth-order valence-electron chi connectivity index (χ4n) is 6.99. The van der Waals surface area contributed by atoms with Crippen molar-refractivity contribution in [3.63, 3.8) is 0 Å². The maximum absolute atomic E-state index is 15.2. The molecule has 9 aromatic rings. The summed E-state index contributed by atoms with van der Waals surface area (Å²) < 4.78 is 17.4. The predicted octanol–water partition coefficient (Wildman–Crippen LogP) is 9.68. The lowest BCUT2D eigenvalue weighted by molar-refractivity contribution is 0.592. The number of imidazole rings is 1. The number of para-hydroxylation sites is 2. The average Bonchev–Trinajstić information content (AvgIpc) is 3.56. The molecule has 0 radical (unpaired) electrons. The van der Waals surface area contributed by atoms with Gasteiger partial charge in [-0.15, -0.1) is 0 Å². The van der Waals surface area contributed by atoms with Gasteiger partial charge >= 0.3 is 0 Å². The van der Waals surface area contributed by atoms with E-state index in [2.05, 4.69) is 89.3 Å². The van der Waals surface area contributed by atoms with Gasteiger partial charge in [0.2, 0.25) is 5.78 Å². The topological polar surface area (TPSA) is 47.3 Å². The molecule has 2 aromatic heterocycles. The molecule has 0 bridgehead atoms. The summed E-state index contributed by atoms with van der Waals surface area (Å²) in [5.41, 5.74) is 8.04. The molecule has 0 fully saturated rings. The minimum Gasteiger partial charge on any atom is -0.309 e. The van der Waals surface area contributed by atoms with Crippen LogP contribution in [0.4, 0.5) is 0 Å². The van der Waals surface area contributed by atoms with Gasteiger partial charge in [0.05, 0.1) is 22.4 Å². The van der Waals surface area contributed by atoms with Crippen molar-refractivity contribution in [2.45, 2.75) is 0 Å². The van der Waals surface area contributed by atoms with Gasteiger partial charge in [-0.25, -0.2) is 9.97 Å². The Hall–Kier alpha value is -6.09. The van der Waals surface area contributed by atoms with Crippen LogP contribution in [0.15, 0.2) is 182 Å². The van der Waals surface area contributed by atoms with E-state index in [4.69, 9.17) is 9.97 Å². The molecule has 0 spiro atoms. The molecule has 9 rings (SSSR count). The van der Waals surface area contributed by atoms with Crippen molar-refractivity contribution >= 4 is 50.6 Å². The van der Waals surface area contributed by atoms with Crippen LogP contribution in [0.2, 0.25) is 0 Å². The highest BCUT2D eigenvalue weighted by atomic mass is 31.2. The molecule has 4 nitrogen and oxygen atoms in total. The first kappa shape index (κ1) is 29.1. The highest BCUT2D eigenvalue weighted by Gasteiger charge is 2.30. The first-order chi connectivity index (χ1) is 24.2. The van der Waals surface area contributed by atoms with Gasteiger partial charge < -0.3 is 4.57 Å². The van der Waals surface area contributed by atoms with Gasteiger partial charge in [0, 0.05) is 21.5 Å². The van der Waals surface area contributed by atoms with Crippen LogP contribution in [0.25, 0.3) is 61.2 Å². The number of aromatic nitrogens is 3. The van der Waals surface area contributed by atoms with Crippen LogP contribution in [0.1, 0.15) is 0 Å². The van der Waals surface area contributed by atoms with Crippen molar-refractivity contribution in [1.82, 2.24) is 14.4 Å². The van der Waals surface area contributed by atoms with Crippen molar-refractivity contribution in [1.29, 1.82) is 0 Å². The molecule has 0 aliphatic rings. The molecule has 0 aliphatic carbocycles. The molecule has 0 unspecified atom stereocenters.